The van der Waals surface area contributed by atoms with Crippen LogP contribution in [0.1, 0.15) is 29.9 Å². The lowest BCUT2D eigenvalue weighted by molar-refractivity contribution is 0.375. The van der Waals surface area contributed by atoms with E-state index in [0.717, 1.165) is 29.2 Å². The first-order valence-electron chi connectivity index (χ1n) is 6.94. The Bertz CT molecular complexity index is 562. The Labute approximate surface area is 125 Å². The summed E-state index contributed by atoms with van der Waals surface area (Å²) in [6.45, 7) is 4.79. The molecule has 2 aromatic rings. The highest BCUT2D eigenvalue weighted by Crippen LogP contribution is 2.36. The van der Waals surface area contributed by atoms with Crippen molar-refractivity contribution in [1.82, 2.24) is 15.3 Å². The minimum atomic E-state index is -0.179. The summed E-state index contributed by atoms with van der Waals surface area (Å²) in [5.74, 6) is 2.21. The van der Waals surface area contributed by atoms with Gasteiger partial charge in [0, 0.05) is 12.4 Å². The minimum absolute atomic E-state index is 0.179. The molecule has 1 atom stereocenters. The van der Waals surface area contributed by atoms with Crippen LogP contribution in [0.25, 0.3) is 0 Å². The Kier molecular flexibility index (Phi) is 5.11. The largest absolute Gasteiger partial charge is 0.496 e. The van der Waals surface area contributed by atoms with Crippen LogP contribution in [0.4, 0.5) is 0 Å². The van der Waals surface area contributed by atoms with Crippen molar-refractivity contribution in [3.63, 3.8) is 0 Å². The van der Waals surface area contributed by atoms with E-state index in [-0.39, 0.29) is 6.04 Å². The van der Waals surface area contributed by atoms with Gasteiger partial charge in [-0.3, -0.25) is 0 Å². The van der Waals surface area contributed by atoms with E-state index in [2.05, 4.69) is 15.3 Å². The molecule has 0 bridgehead atoms. The summed E-state index contributed by atoms with van der Waals surface area (Å²) in [4.78, 5) is 8.88. The molecule has 0 fully saturated rings. The van der Waals surface area contributed by atoms with Gasteiger partial charge in [-0.1, -0.05) is 13.0 Å². The fourth-order valence-corrected chi connectivity index (χ4v) is 2.24. The molecule has 0 spiro atoms. The Morgan fingerprint density at radius 1 is 1.10 bits per heavy atom. The van der Waals surface area contributed by atoms with Crippen LogP contribution in [0, 0.1) is 6.92 Å². The minimum Gasteiger partial charge on any atom is -0.496 e. The van der Waals surface area contributed by atoms with Crippen LogP contribution in [0.15, 0.2) is 30.6 Å². The lowest BCUT2D eigenvalue weighted by Gasteiger charge is -2.21. The average molecular weight is 287 g/mol. The maximum atomic E-state index is 5.48. The predicted octanol–water partition coefficient (Wildman–Crippen LogP) is 2.50. The van der Waals surface area contributed by atoms with Gasteiger partial charge in [-0.15, -0.1) is 0 Å². The van der Waals surface area contributed by atoms with E-state index in [4.69, 9.17) is 9.47 Å². The quantitative estimate of drug-likeness (QED) is 0.884. The molecule has 0 aliphatic heterocycles. The van der Waals surface area contributed by atoms with Crippen LogP contribution in [0.2, 0.25) is 0 Å². The molecule has 5 heteroatoms. The first kappa shape index (κ1) is 15.3. The molecule has 0 aliphatic carbocycles. The fraction of sp³-hybridized carbons (Fsp3) is 0.375. The highest BCUT2D eigenvalue weighted by Gasteiger charge is 2.24. The van der Waals surface area contributed by atoms with Gasteiger partial charge in [0.05, 0.1) is 19.8 Å². The van der Waals surface area contributed by atoms with Crippen molar-refractivity contribution in [2.75, 3.05) is 20.8 Å². The highest BCUT2D eigenvalue weighted by atomic mass is 16.5. The molecule has 1 heterocycles. The SMILES string of the molecule is CCNC(c1ncc(C)cn1)c1c(OC)cccc1OC. The van der Waals surface area contributed by atoms with Crippen LogP contribution in [-0.2, 0) is 0 Å². The van der Waals surface area contributed by atoms with Crippen LogP contribution in [0.5, 0.6) is 11.5 Å². The zero-order chi connectivity index (χ0) is 15.2. The maximum absolute atomic E-state index is 5.48. The van der Waals surface area contributed by atoms with Gasteiger partial charge < -0.3 is 14.8 Å². The molecule has 112 valence electrons. The standard InChI is InChI=1S/C16H21N3O2/c1-5-17-15(16-18-9-11(2)10-19-16)14-12(20-3)7-6-8-13(14)21-4/h6-10,15,17H,5H2,1-4H3. The number of benzene rings is 1. The van der Waals surface area contributed by atoms with Crippen molar-refractivity contribution in [3.8, 4) is 11.5 Å². The van der Waals surface area contributed by atoms with Crippen molar-refractivity contribution in [1.29, 1.82) is 0 Å². The molecule has 1 aromatic heterocycles. The number of hydrogen-bond acceptors (Lipinski definition) is 5. The third-order valence-electron chi connectivity index (χ3n) is 3.22. The third-order valence-corrected chi connectivity index (χ3v) is 3.22. The number of aryl methyl sites for hydroxylation is 1. The van der Waals surface area contributed by atoms with Gasteiger partial charge in [-0.25, -0.2) is 9.97 Å². The van der Waals surface area contributed by atoms with Crippen molar-refractivity contribution < 1.29 is 9.47 Å². The van der Waals surface area contributed by atoms with E-state index in [1.807, 2.05) is 44.4 Å². The maximum Gasteiger partial charge on any atom is 0.149 e. The van der Waals surface area contributed by atoms with E-state index >= 15 is 0 Å². The number of nitrogens with zero attached hydrogens (tertiary/aromatic N) is 2. The van der Waals surface area contributed by atoms with E-state index in [9.17, 15) is 0 Å². The molecule has 1 N–H and O–H groups in total. The van der Waals surface area contributed by atoms with Crippen molar-refractivity contribution >= 4 is 0 Å². The van der Waals surface area contributed by atoms with Crippen LogP contribution in [-0.4, -0.2) is 30.7 Å². The predicted molar refractivity (Wildman–Crippen MR) is 81.8 cm³/mol. The fourth-order valence-electron chi connectivity index (χ4n) is 2.24. The number of ether oxygens (including phenoxy) is 2. The molecule has 2 rings (SSSR count). The summed E-state index contributed by atoms with van der Waals surface area (Å²) in [6, 6.07) is 5.55. The smallest absolute Gasteiger partial charge is 0.149 e. The molecule has 5 nitrogen and oxygen atoms in total. The van der Waals surface area contributed by atoms with Crippen LogP contribution >= 0.6 is 0 Å². The summed E-state index contributed by atoms with van der Waals surface area (Å²) >= 11 is 0. The molecule has 0 amide bonds. The molecular weight excluding hydrogens is 266 g/mol. The van der Waals surface area contributed by atoms with Gasteiger partial charge in [0.2, 0.25) is 0 Å². The summed E-state index contributed by atoms with van der Waals surface area (Å²) < 4.78 is 11.0. The molecule has 0 saturated heterocycles. The molecule has 0 aliphatic rings. The van der Waals surface area contributed by atoms with E-state index in [1.54, 1.807) is 14.2 Å². The summed E-state index contributed by atoms with van der Waals surface area (Å²) in [7, 11) is 3.30. The van der Waals surface area contributed by atoms with Gasteiger partial charge >= 0.3 is 0 Å². The van der Waals surface area contributed by atoms with Crippen molar-refractivity contribution in [2.45, 2.75) is 19.9 Å². The monoisotopic (exact) mass is 287 g/mol. The number of hydrogen-bond donors (Lipinski definition) is 1. The summed E-state index contributed by atoms with van der Waals surface area (Å²) in [6.07, 6.45) is 3.63. The van der Waals surface area contributed by atoms with E-state index in [0.29, 0.717) is 5.82 Å². The normalized spacial score (nSPS) is 12.0. The lowest BCUT2D eigenvalue weighted by Crippen LogP contribution is -2.25. The third kappa shape index (κ3) is 3.31. The van der Waals surface area contributed by atoms with E-state index < -0.39 is 0 Å². The topological polar surface area (TPSA) is 56.3 Å². The zero-order valence-corrected chi connectivity index (χ0v) is 12.9. The number of rotatable bonds is 6. The lowest BCUT2D eigenvalue weighted by atomic mass is 10.0. The molecule has 0 saturated carbocycles. The second kappa shape index (κ2) is 7.04. The molecule has 1 aromatic carbocycles. The molecule has 1 unspecified atom stereocenters. The highest BCUT2D eigenvalue weighted by molar-refractivity contribution is 5.49. The first-order valence-corrected chi connectivity index (χ1v) is 6.94. The first-order chi connectivity index (χ1) is 10.2. The molecule has 21 heavy (non-hydrogen) atoms. The Balaban J connectivity index is 2.54. The average Bonchev–Trinajstić information content (AvgIpc) is 2.53. The van der Waals surface area contributed by atoms with Gasteiger partial charge in [0.15, 0.2) is 0 Å². The van der Waals surface area contributed by atoms with Gasteiger partial charge in [-0.05, 0) is 31.2 Å². The van der Waals surface area contributed by atoms with Gasteiger partial charge in [-0.2, -0.15) is 0 Å². The summed E-state index contributed by atoms with van der Waals surface area (Å²) in [5.41, 5.74) is 1.94. The molecule has 0 radical (unpaired) electrons. The van der Waals surface area contributed by atoms with E-state index in [1.165, 1.54) is 0 Å². The number of methoxy groups -OCH3 is 2. The van der Waals surface area contributed by atoms with Gasteiger partial charge in [0.1, 0.15) is 23.4 Å². The van der Waals surface area contributed by atoms with Crippen molar-refractivity contribution in [3.05, 3.63) is 47.5 Å². The molecular formula is C16H21N3O2. The second-order valence-electron chi connectivity index (χ2n) is 4.69. The Hall–Kier alpha value is -2.14. The van der Waals surface area contributed by atoms with Crippen molar-refractivity contribution in [2.24, 2.45) is 0 Å². The number of nitrogens with one attached hydrogen (secondary N) is 1. The zero-order valence-electron chi connectivity index (χ0n) is 12.9. The number of aromatic nitrogens is 2. The Morgan fingerprint density at radius 2 is 1.67 bits per heavy atom. The van der Waals surface area contributed by atoms with Crippen LogP contribution in [0.3, 0.4) is 0 Å². The second-order valence-corrected chi connectivity index (χ2v) is 4.69. The Morgan fingerprint density at radius 3 is 2.14 bits per heavy atom. The van der Waals surface area contributed by atoms with Gasteiger partial charge in [0.25, 0.3) is 0 Å². The summed E-state index contributed by atoms with van der Waals surface area (Å²) in [5, 5.41) is 3.40. The van der Waals surface area contributed by atoms with Crippen LogP contribution < -0.4 is 14.8 Å².